The van der Waals surface area contributed by atoms with E-state index in [1.165, 1.54) is 4.90 Å². The van der Waals surface area contributed by atoms with Crippen molar-refractivity contribution in [3.8, 4) is 0 Å². The molecule has 162 valence electrons. The maximum atomic E-state index is 11.1. The van der Waals surface area contributed by atoms with Gasteiger partial charge in [-0.2, -0.15) is 0 Å². The van der Waals surface area contributed by atoms with E-state index >= 15 is 0 Å². The van der Waals surface area contributed by atoms with Crippen molar-refractivity contribution in [2.45, 2.75) is 20.8 Å². The van der Waals surface area contributed by atoms with Crippen molar-refractivity contribution in [2.75, 3.05) is 59.1 Å². The maximum absolute atomic E-state index is 11.1. The third kappa shape index (κ3) is 14.9. The van der Waals surface area contributed by atoms with E-state index in [1.807, 2.05) is 20.8 Å². The number of ether oxygens (including phenoxy) is 1. The van der Waals surface area contributed by atoms with Crippen LogP contribution in [-0.4, -0.2) is 113 Å². The molecular formula is C17H31N3O8. The van der Waals surface area contributed by atoms with E-state index in [0.29, 0.717) is 19.6 Å². The number of carboxylic acid groups (broad SMARTS) is 3. The van der Waals surface area contributed by atoms with E-state index in [0.717, 1.165) is 0 Å². The molecule has 0 aromatic carbocycles. The average Bonchev–Trinajstić information content (AvgIpc) is 2.50. The molecule has 0 aromatic rings. The Morgan fingerprint density at radius 2 is 1.18 bits per heavy atom. The topological polar surface area (TPSA) is 148 Å². The lowest BCUT2D eigenvalue weighted by atomic mass is 9.96. The first-order chi connectivity index (χ1) is 12.9. The summed E-state index contributed by atoms with van der Waals surface area (Å²) in [6.45, 7) is 6.90. The van der Waals surface area contributed by atoms with Crippen LogP contribution >= 0.6 is 0 Å². The van der Waals surface area contributed by atoms with Gasteiger partial charge in [0.2, 0.25) is 0 Å². The van der Waals surface area contributed by atoms with Gasteiger partial charge in [0.05, 0.1) is 19.6 Å². The summed E-state index contributed by atoms with van der Waals surface area (Å²) in [4.78, 5) is 48.1. The molecule has 0 fully saturated rings. The van der Waals surface area contributed by atoms with Crippen LogP contribution in [0.4, 0.5) is 0 Å². The Morgan fingerprint density at radius 1 is 0.786 bits per heavy atom. The Balaban J connectivity index is 4.87. The molecule has 0 heterocycles. The van der Waals surface area contributed by atoms with Crippen LogP contribution in [0, 0.1) is 5.41 Å². The Morgan fingerprint density at radius 3 is 1.57 bits per heavy atom. The Kier molecular flexibility index (Phi) is 12.0. The second kappa shape index (κ2) is 13.0. The molecule has 0 aliphatic heterocycles. The minimum absolute atomic E-state index is 0.0616. The monoisotopic (exact) mass is 405 g/mol. The van der Waals surface area contributed by atoms with Crippen LogP contribution in [0.1, 0.15) is 20.8 Å². The molecule has 0 aliphatic rings. The van der Waals surface area contributed by atoms with Gasteiger partial charge in [-0.05, 0) is 5.41 Å². The molecule has 11 heteroatoms. The minimum atomic E-state index is -1.14. The third-order valence-corrected chi connectivity index (χ3v) is 3.56. The van der Waals surface area contributed by atoms with E-state index in [4.69, 9.17) is 20.1 Å². The number of aliphatic carboxylic acids is 3. The van der Waals surface area contributed by atoms with Crippen molar-refractivity contribution in [1.82, 2.24) is 14.7 Å². The maximum Gasteiger partial charge on any atom is 0.317 e. The fraction of sp³-hybridized carbons (Fsp3) is 0.765. The molecule has 0 radical (unpaired) electrons. The fourth-order valence-electron chi connectivity index (χ4n) is 2.62. The number of hydrogen-bond acceptors (Lipinski definition) is 8. The molecular weight excluding hydrogens is 374 g/mol. The highest BCUT2D eigenvalue weighted by molar-refractivity contribution is 5.72. The minimum Gasteiger partial charge on any atom is -0.480 e. The number of carbonyl (C=O) groups is 4. The van der Waals surface area contributed by atoms with Crippen LogP contribution in [0.2, 0.25) is 0 Å². The number of carbonyl (C=O) groups excluding carboxylic acids is 1. The van der Waals surface area contributed by atoms with Crippen LogP contribution in [0.5, 0.6) is 0 Å². The highest BCUT2D eigenvalue weighted by Gasteiger charge is 2.20. The summed E-state index contributed by atoms with van der Waals surface area (Å²) < 4.78 is 4.76. The van der Waals surface area contributed by atoms with E-state index in [1.54, 1.807) is 9.80 Å². The van der Waals surface area contributed by atoms with Gasteiger partial charge < -0.3 is 20.1 Å². The summed E-state index contributed by atoms with van der Waals surface area (Å²) in [6, 6.07) is 0. The van der Waals surface area contributed by atoms with Crippen LogP contribution in [-0.2, 0) is 23.9 Å². The zero-order valence-electron chi connectivity index (χ0n) is 16.7. The SMILES string of the molecule is CC(C)(C)CN(CCN(CCN(CC(=O)O)CC(=O)O)COC=O)CC(=O)O. The molecule has 0 amide bonds. The van der Waals surface area contributed by atoms with Crippen LogP contribution in [0.15, 0.2) is 0 Å². The van der Waals surface area contributed by atoms with Gasteiger partial charge >= 0.3 is 17.9 Å². The lowest BCUT2D eigenvalue weighted by molar-refractivity contribution is -0.142. The van der Waals surface area contributed by atoms with Gasteiger partial charge in [0.15, 0.2) is 0 Å². The lowest BCUT2D eigenvalue weighted by Gasteiger charge is -2.31. The second-order valence-corrected chi connectivity index (χ2v) is 7.67. The summed E-state index contributed by atoms with van der Waals surface area (Å²) in [5, 5.41) is 26.9. The zero-order chi connectivity index (χ0) is 21.7. The molecule has 11 nitrogen and oxygen atoms in total. The number of hydrogen-bond donors (Lipinski definition) is 3. The molecule has 0 atom stereocenters. The van der Waals surface area contributed by atoms with Gasteiger partial charge in [-0.15, -0.1) is 0 Å². The van der Waals surface area contributed by atoms with Gasteiger partial charge in [0.1, 0.15) is 6.73 Å². The van der Waals surface area contributed by atoms with Gasteiger partial charge in [0, 0.05) is 32.7 Å². The standard InChI is InChI=1S/C17H31N3O8/c1-17(2,3)11-20(10-16(26)27)7-5-18(12-28-13-21)4-6-19(8-14(22)23)9-15(24)25/h13H,4-12H2,1-3H3,(H,22,23)(H,24,25)(H,26,27). The summed E-state index contributed by atoms with van der Waals surface area (Å²) in [5.74, 6) is -3.24. The summed E-state index contributed by atoms with van der Waals surface area (Å²) in [5.41, 5.74) is -0.112. The lowest BCUT2D eigenvalue weighted by Crippen LogP contribution is -2.45. The number of rotatable bonds is 16. The number of carboxylic acids is 3. The molecule has 0 saturated carbocycles. The van der Waals surface area contributed by atoms with Crippen molar-refractivity contribution in [1.29, 1.82) is 0 Å². The largest absolute Gasteiger partial charge is 0.480 e. The highest BCUT2D eigenvalue weighted by atomic mass is 16.5. The summed E-state index contributed by atoms with van der Waals surface area (Å²) >= 11 is 0. The van der Waals surface area contributed by atoms with Gasteiger partial charge in [-0.1, -0.05) is 20.8 Å². The van der Waals surface area contributed by atoms with Gasteiger partial charge in [0.25, 0.3) is 6.47 Å². The molecule has 28 heavy (non-hydrogen) atoms. The van der Waals surface area contributed by atoms with Crippen molar-refractivity contribution in [3.63, 3.8) is 0 Å². The summed E-state index contributed by atoms with van der Waals surface area (Å²) in [7, 11) is 0. The van der Waals surface area contributed by atoms with E-state index in [9.17, 15) is 19.2 Å². The first-order valence-electron chi connectivity index (χ1n) is 8.80. The van der Waals surface area contributed by atoms with E-state index < -0.39 is 31.0 Å². The van der Waals surface area contributed by atoms with Crippen molar-refractivity contribution >= 4 is 24.4 Å². The second-order valence-electron chi connectivity index (χ2n) is 7.67. The molecule has 0 spiro atoms. The van der Waals surface area contributed by atoms with Crippen LogP contribution in [0.25, 0.3) is 0 Å². The zero-order valence-corrected chi connectivity index (χ0v) is 16.7. The fourth-order valence-corrected chi connectivity index (χ4v) is 2.62. The van der Waals surface area contributed by atoms with Crippen LogP contribution < -0.4 is 0 Å². The van der Waals surface area contributed by atoms with Gasteiger partial charge in [-0.3, -0.25) is 33.9 Å². The molecule has 0 aromatic heterocycles. The smallest absolute Gasteiger partial charge is 0.317 e. The number of nitrogens with zero attached hydrogens (tertiary/aromatic N) is 3. The van der Waals surface area contributed by atoms with Gasteiger partial charge in [-0.25, -0.2) is 0 Å². The van der Waals surface area contributed by atoms with Crippen LogP contribution in [0.3, 0.4) is 0 Å². The first kappa shape index (κ1) is 25.8. The average molecular weight is 405 g/mol. The highest BCUT2D eigenvalue weighted by Crippen LogP contribution is 2.15. The molecule has 0 unspecified atom stereocenters. The Labute approximate surface area is 164 Å². The molecule has 3 N–H and O–H groups in total. The molecule has 0 saturated heterocycles. The molecule has 0 rings (SSSR count). The van der Waals surface area contributed by atoms with E-state index in [-0.39, 0.29) is 38.3 Å². The molecule has 0 bridgehead atoms. The quantitative estimate of drug-likeness (QED) is 0.222. The molecule has 0 aliphatic carbocycles. The first-order valence-corrected chi connectivity index (χ1v) is 8.80. The van der Waals surface area contributed by atoms with Crippen molar-refractivity contribution in [2.24, 2.45) is 5.41 Å². The van der Waals surface area contributed by atoms with E-state index in [2.05, 4.69) is 0 Å². The predicted molar refractivity (Wildman–Crippen MR) is 98.8 cm³/mol. The van der Waals surface area contributed by atoms with Crippen molar-refractivity contribution < 1.29 is 39.2 Å². The third-order valence-electron chi connectivity index (χ3n) is 3.56. The predicted octanol–water partition coefficient (Wildman–Crippen LogP) is -0.677. The van der Waals surface area contributed by atoms with Crippen molar-refractivity contribution in [3.05, 3.63) is 0 Å². The Bertz CT molecular complexity index is 505. The normalized spacial score (nSPS) is 11.8. The Hall–Kier alpha value is -2.24. The summed E-state index contributed by atoms with van der Waals surface area (Å²) in [6.07, 6.45) is 0.